The first-order valence-corrected chi connectivity index (χ1v) is 17.6. The minimum atomic E-state index is -0.140. The molecule has 4 aliphatic carbocycles. The number of esters is 2. The Balaban J connectivity index is 0.00000368. The Morgan fingerprint density at radius 1 is 0.953 bits per heavy atom. The van der Waals surface area contributed by atoms with Crippen molar-refractivity contribution < 1.29 is 45.3 Å². The van der Waals surface area contributed by atoms with E-state index < -0.39 is 0 Å². The Kier molecular flexibility index (Phi) is 10.3. The highest BCUT2D eigenvalue weighted by atomic mass is 79.9. The number of hydrogen-bond donors (Lipinski definition) is 0. The number of ether oxygens (including phenoxy) is 3. The fourth-order valence-electron chi connectivity index (χ4n) is 11.6. The van der Waals surface area contributed by atoms with Crippen LogP contribution in [-0.4, -0.2) is 92.1 Å². The zero-order valence-electron chi connectivity index (χ0n) is 27.7. The molecule has 246 valence electrons. The Labute approximate surface area is 271 Å². The fraction of sp³-hybridized carbons (Fsp3) is 0.943. The van der Waals surface area contributed by atoms with Crippen molar-refractivity contribution in [2.24, 2.45) is 34.5 Å². The lowest BCUT2D eigenvalue weighted by Crippen LogP contribution is -3.00. The molecule has 2 heterocycles. The summed E-state index contributed by atoms with van der Waals surface area (Å²) in [6.45, 7) is 14.6. The average Bonchev–Trinajstić information content (AvgIpc) is 3.26. The third-order valence-electron chi connectivity index (χ3n) is 13.8. The molecule has 0 aromatic rings. The molecule has 2 saturated heterocycles. The van der Waals surface area contributed by atoms with Crippen molar-refractivity contribution in [1.29, 1.82) is 0 Å². The average molecular weight is 668 g/mol. The lowest BCUT2D eigenvalue weighted by atomic mass is 9.44. The third-order valence-corrected chi connectivity index (χ3v) is 13.8. The number of fused-ring (bicyclic) bond motifs is 5. The molecular weight excluding hydrogens is 608 g/mol. The van der Waals surface area contributed by atoms with Crippen LogP contribution in [-0.2, 0) is 23.8 Å². The number of carbonyl (C=O) groups is 2. The van der Waals surface area contributed by atoms with E-state index in [1.54, 1.807) is 6.92 Å². The first kappa shape index (κ1) is 33.7. The monoisotopic (exact) mass is 666 g/mol. The molecule has 10 atom stereocenters. The van der Waals surface area contributed by atoms with Crippen LogP contribution in [0.5, 0.6) is 0 Å². The van der Waals surface area contributed by atoms with Crippen molar-refractivity contribution in [2.75, 3.05) is 46.4 Å². The predicted octanol–water partition coefficient (Wildman–Crippen LogP) is 2.60. The number of quaternary nitrogens is 1. The van der Waals surface area contributed by atoms with Crippen molar-refractivity contribution in [1.82, 2.24) is 4.90 Å². The molecule has 2 aliphatic heterocycles. The van der Waals surface area contributed by atoms with Gasteiger partial charge in [0.1, 0.15) is 12.1 Å². The first-order chi connectivity index (χ1) is 20.1. The second-order valence-corrected chi connectivity index (χ2v) is 16.0. The van der Waals surface area contributed by atoms with Crippen molar-refractivity contribution in [2.45, 2.75) is 129 Å². The maximum absolute atomic E-state index is 13.1. The molecular formula is C35H59BrN2O5. The lowest BCUT2D eigenvalue weighted by Gasteiger charge is -2.62. The summed E-state index contributed by atoms with van der Waals surface area (Å²) in [5.74, 6) is 2.48. The maximum Gasteiger partial charge on any atom is 0.306 e. The van der Waals surface area contributed by atoms with E-state index in [1.807, 2.05) is 0 Å². The normalized spacial score (nSPS) is 44.2. The van der Waals surface area contributed by atoms with E-state index >= 15 is 0 Å². The summed E-state index contributed by atoms with van der Waals surface area (Å²) in [5.41, 5.74) is 0.315. The molecule has 6 rings (SSSR count). The van der Waals surface area contributed by atoms with E-state index in [4.69, 9.17) is 14.2 Å². The number of morpholine rings is 1. The van der Waals surface area contributed by atoms with Crippen LogP contribution in [0.4, 0.5) is 0 Å². The van der Waals surface area contributed by atoms with Gasteiger partial charge in [0.25, 0.3) is 0 Å². The molecule has 0 amide bonds. The van der Waals surface area contributed by atoms with E-state index in [9.17, 15) is 9.59 Å². The van der Waals surface area contributed by atoms with Crippen LogP contribution in [0.3, 0.4) is 0 Å². The van der Waals surface area contributed by atoms with Crippen molar-refractivity contribution in [3.05, 3.63) is 0 Å². The van der Waals surface area contributed by atoms with Gasteiger partial charge in [0, 0.05) is 44.3 Å². The van der Waals surface area contributed by atoms with Gasteiger partial charge in [0.2, 0.25) is 0 Å². The van der Waals surface area contributed by atoms with Crippen LogP contribution in [0.1, 0.15) is 105 Å². The highest BCUT2D eigenvalue weighted by Gasteiger charge is 2.67. The number of rotatable bonds is 6. The second kappa shape index (κ2) is 13.2. The zero-order valence-corrected chi connectivity index (χ0v) is 29.2. The number of carbonyl (C=O) groups excluding carboxylic acids is 2. The van der Waals surface area contributed by atoms with Crippen molar-refractivity contribution in [3.8, 4) is 0 Å². The van der Waals surface area contributed by atoms with E-state index in [0.717, 1.165) is 56.5 Å². The van der Waals surface area contributed by atoms with Gasteiger partial charge in [-0.3, -0.25) is 14.5 Å². The first-order valence-electron chi connectivity index (χ1n) is 17.6. The molecule has 4 saturated carbocycles. The van der Waals surface area contributed by atoms with Crippen molar-refractivity contribution >= 4 is 11.9 Å². The van der Waals surface area contributed by atoms with Crippen LogP contribution in [0.2, 0.25) is 0 Å². The molecule has 0 bridgehead atoms. The molecule has 0 N–H and O–H groups in total. The maximum atomic E-state index is 13.1. The van der Waals surface area contributed by atoms with Crippen LogP contribution >= 0.6 is 0 Å². The van der Waals surface area contributed by atoms with Crippen LogP contribution < -0.4 is 17.0 Å². The van der Waals surface area contributed by atoms with Crippen LogP contribution in [0, 0.1) is 34.5 Å². The van der Waals surface area contributed by atoms with Gasteiger partial charge >= 0.3 is 11.9 Å². The lowest BCUT2D eigenvalue weighted by molar-refractivity contribution is -0.940. The van der Waals surface area contributed by atoms with E-state index in [0.29, 0.717) is 36.1 Å². The Morgan fingerprint density at radius 2 is 1.67 bits per heavy atom. The minimum Gasteiger partial charge on any atom is -1.00 e. The van der Waals surface area contributed by atoms with Crippen LogP contribution in [0.25, 0.3) is 0 Å². The van der Waals surface area contributed by atoms with E-state index in [-0.39, 0.29) is 58.0 Å². The molecule has 0 unspecified atom stereocenters. The summed E-state index contributed by atoms with van der Waals surface area (Å²) in [4.78, 5) is 27.9. The topological polar surface area (TPSA) is 65.1 Å². The summed E-state index contributed by atoms with van der Waals surface area (Å²) < 4.78 is 19.5. The Morgan fingerprint density at radius 3 is 2.35 bits per heavy atom. The van der Waals surface area contributed by atoms with Gasteiger partial charge in [-0.1, -0.05) is 20.8 Å². The van der Waals surface area contributed by atoms with Gasteiger partial charge in [-0.05, 0) is 93.3 Å². The number of halogens is 1. The molecule has 43 heavy (non-hydrogen) atoms. The SMILES string of the molecule is CCCC(=O)O[C@H]1[C@@H]([N+]2(C)CCCCC2)C[C@H]2[C@@H]3CC[C@H]4C[C@H](OC(C)=O)[C@@H](N5CCOCC5)C[C@]4(C)[C@H]3CC[C@@]21C.[Br-]. The summed E-state index contributed by atoms with van der Waals surface area (Å²) >= 11 is 0. The van der Waals surface area contributed by atoms with Gasteiger partial charge in [-0.25, -0.2) is 0 Å². The predicted molar refractivity (Wildman–Crippen MR) is 163 cm³/mol. The molecule has 0 spiro atoms. The quantitative estimate of drug-likeness (QED) is 0.321. The van der Waals surface area contributed by atoms with Crippen molar-refractivity contribution in [3.63, 3.8) is 0 Å². The summed E-state index contributed by atoms with van der Waals surface area (Å²) in [5, 5.41) is 0. The summed E-state index contributed by atoms with van der Waals surface area (Å²) in [6.07, 6.45) is 13.6. The van der Waals surface area contributed by atoms with E-state index in [1.165, 1.54) is 58.0 Å². The third kappa shape index (κ3) is 6.10. The second-order valence-electron chi connectivity index (χ2n) is 16.0. The number of hydrogen-bond acceptors (Lipinski definition) is 6. The molecule has 6 fully saturated rings. The highest BCUT2D eigenvalue weighted by molar-refractivity contribution is 5.69. The molecule has 6 aliphatic rings. The number of piperidine rings is 1. The van der Waals surface area contributed by atoms with Gasteiger partial charge in [0.05, 0.1) is 33.4 Å². The summed E-state index contributed by atoms with van der Waals surface area (Å²) in [7, 11) is 2.48. The Bertz CT molecular complexity index is 999. The number of likely N-dealkylation sites (N-methyl/N-ethyl adjacent to an activating group) is 1. The molecule has 7 nitrogen and oxygen atoms in total. The minimum absolute atomic E-state index is 0. The summed E-state index contributed by atoms with van der Waals surface area (Å²) in [6, 6.07) is 0.703. The molecule has 0 radical (unpaired) electrons. The van der Waals surface area contributed by atoms with Gasteiger partial charge in [-0.2, -0.15) is 0 Å². The number of nitrogens with zero attached hydrogens (tertiary/aromatic N) is 2. The standard InChI is InChI=1S/C35H59N2O5.BrH/c1-6-10-32(39)42-33-30(37(5)17-8-7-9-18-37)22-28-26-12-11-25-21-31(41-24(2)38)29(36-15-19-40-20-16-36)23-35(25,4)27(26)13-14-34(28,33)3;/h25-31,33H,6-23H2,1-5H3;1H/q+1;/p-1/t25-,26+,27-,28-,29-,30-,31-,33-,34-,35-;/m0./s1. The Hall–Kier alpha value is -0.700. The smallest absolute Gasteiger partial charge is 0.306 e. The van der Waals surface area contributed by atoms with E-state index in [2.05, 4.69) is 32.7 Å². The molecule has 0 aromatic heterocycles. The van der Waals surface area contributed by atoms with Gasteiger partial charge in [-0.15, -0.1) is 0 Å². The van der Waals surface area contributed by atoms with Crippen LogP contribution in [0.15, 0.2) is 0 Å². The fourth-order valence-corrected chi connectivity index (χ4v) is 11.6. The van der Waals surface area contributed by atoms with Gasteiger partial charge < -0.3 is 35.7 Å². The number of likely N-dealkylation sites (tertiary alicyclic amines) is 1. The molecule has 0 aromatic carbocycles. The largest absolute Gasteiger partial charge is 1.00 e. The highest BCUT2D eigenvalue weighted by Crippen LogP contribution is 2.67. The van der Waals surface area contributed by atoms with Gasteiger partial charge in [0.15, 0.2) is 6.10 Å². The zero-order chi connectivity index (χ0) is 29.7. The molecule has 8 heteroatoms.